The predicted octanol–water partition coefficient (Wildman–Crippen LogP) is 4.09. The van der Waals surface area contributed by atoms with Gasteiger partial charge in [0.1, 0.15) is 0 Å². The first-order chi connectivity index (χ1) is 6.57. The summed E-state index contributed by atoms with van der Waals surface area (Å²) in [6.07, 6.45) is 9.16. The summed E-state index contributed by atoms with van der Waals surface area (Å²) in [5.41, 5.74) is 4.37. The topological polar surface area (TPSA) is 0 Å². The minimum atomic E-state index is 0.488. The largest absolute Gasteiger partial charge is 0.0990 e. The van der Waals surface area contributed by atoms with E-state index in [1.807, 2.05) is 0 Å². The average molecular weight is 188 g/mol. The van der Waals surface area contributed by atoms with Gasteiger partial charge in [-0.15, -0.1) is 0 Å². The van der Waals surface area contributed by atoms with Crippen molar-refractivity contribution in [2.45, 2.75) is 46.0 Å². The fourth-order valence-electron chi connectivity index (χ4n) is 4.52. The zero-order chi connectivity index (χ0) is 9.97. The lowest BCUT2D eigenvalue weighted by Crippen LogP contribution is -2.52. The Bertz CT molecular complexity index is 332. The molecule has 0 aromatic carbocycles. The molecule has 3 rings (SSSR count). The van der Waals surface area contributed by atoms with Crippen LogP contribution in [0.5, 0.6) is 0 Å². The van der Waals surface area contributed by atoms with Gasteiger partial charge < -0.3 is 0 Å². The van der Waals surface area contributed by atoms with Crippen molar-refractivity contribution in [1.29, 1.82) is 0 Å². The van der Waals surface area contributed by atoms with Gasteiger partial charge in [-0.25, -0.2) is 0 Å². The Morgan fingerprint density at radius 3 is 2.86 bits per heavy atom. The second-order valence-corrected chi connectivity index (χ2v) is 6.10. The molecule has 1 unspecified atom stereocenters. The van der Waals surface area contributed by atoms with Crippen molar-refractivity contribution in [1.82, 2.24) is 0 Å². The number of allylic oxidation sites excluding steroid dienone is 3. The maximum Gasteiger partial charge on any atom is 0.0156 e. The fraction of sp³-hybridized carbons (Fsp3) is 0.714. The van der Waals surface area contributed by atoms with Crippen LogP contribution in [0.25, 0.3) is 0 Å². The number of hydrogen-bond donors (Lipinski definition) is 0. The van der Waals surface area contributed by atoms with Crippen molar-refractivity contribution in [3.8, 4) is 0 Å². The molecule has 0 aliphatic heterocycles. The van der Waals surface area contributed by atoms with Crippen LogP contribution in [0.1, 0.15) is 46.0 Å². The van der Waals surface area contributed by atoms with Crippen LogP contribution in [0.3, 0.4) is 0 Å². The SMILES string of the molecule is C=C1CCC=C2CC[C@H]3C(C)(C)CC123. The molecule has 14 heavy (non-hydrogen) atoms. The zero-order valence-corrected chi connectivity index (χ0v) is 9.40. The summed E-state index contributed by atoms with van der Waals surface area (Å²) in [6.45, 7) is 9.23. The van der Waals surface area contributed by atoms with Gasteiger partial charge in [0.15, 0.2) is 0 Å². The lowest BCUT2D eigenvalue weighted by molar-refractivity contribution is -0.0363. The van der Waals surface area contributed by atoms with E-state index >= 15 is 0 Å². The lowest BCUT2D eigenvalue weighted by atomic mass is 9.44. The fourth-order valence-corrected chi connectivity index (χ4v) is 4.52. The molecular weight excluding hydrogens is 168 g/mol. The molecule has 0 N–H and O–H groups in total. The van der Waals surface area contributed by atoms with Crippen LogP contribution in [-0.2, 0) is 0 Å². The third-order valence-corrected chi connectivity index (χ3v) is 5.02. The summed E-state index contributed by atoms with van der Waals surface area (Å²) < 4.78 is 0. The van der Waals surface area contributed by atoms with Crippen molar-refractivity contribution in [2.75, 3.05) is 0 Å². The van der Waals surface area contributed by atoms with Crippen LogP contribution < -0.4 is 0 Å². The first-order valence-electron chi connectivity index (χ1n) is 5.95. The van der Waals surface area contributed by atoms with Crippen LogP contribution in [-0.4, -0.2) is 0 Å². The minimum Gasteiger partial charge on any atom is -0.0990 e. The van der Waals surface area contributed by atoms with E-state index in [-0.39, 0.29) is 0 Å². The van der Waals surface area contributed by atoms with Gasteiger partial charge in [-0.3, -0.25) is 0 Å². The van der Waals surface area contributed by atoms with Crippen LogP contribution >= 0.6 is 0 Å². The summed E-state index contributed by atoms with van der Waals surface area (Å²) in [6, 6.07) is 0. The summed E-state index contributed by atoms with van der Waals surface area (Å²) in [5.74, 6) is 0.911. The van der Waals surface area contributed by atoms with Crippen molar-refractivity contribution >= 4 is 0 Å². The second-order valence-electron chi connectivity index (χ2n) is 6.10. The van der Waals surface area contributed by atoms with Crippen molar-refractivity contribution in [3.05, 3.63) is 23.8 Å². The highest BCUT2D eigenvalue weighted by Gasteiger charge is 2.63. The summed E-state index contributed by atoms with van der Waals surface area (Å²) in [7, 11) is 0. The highest BCUT2D eigenvalue weighted by molar-refractivity contribution is 5.42. The monoisotopic (exact) mass is 188 g/mol. The van der Waals surface area contributed by atoms with Gasteiger partial charge >= 0.3 is 0 Å². The van der Waals surface area contributed by atoms with E-state index in [0.29, 0.717) is 10.8 Å². The Hall–Kier alpha value is -0.520. The Kier molecular flexibility index (Phi) is 1.47. The molecule has 0 amide bonds. The molecule has 3 aliphatic carbocycles. The first kappa shape index (κ1) is 8.76. The second kappa shape index (κ2) is 2.35. The van der Waals surface area contributed by atoms with E-state index in [1.54, 1.807) is 11.1 Å². The van der Waals surface area contributed by atoms with E-state index in [1.165, 1.54) is 32.1 Å². The van der Waals surface area contributed by atoms with E-state index in [2.05, 4.69) is 26.5 Å². The Balaban J connectivity index is 2.07. The molecule has 2 atom stereocenters. The van der Waals surface area contributed by atoms with Crippen molar-refractivity contribution in [3.63, 3.8) is 0 Å². The molecule has 0 bridgehead atoms. The minimum absolute atomic E-state index is 0.488. The standard InChI is InChI=1S/C14H20/c1-10-5-4-6-11-7-8-12-13(2,3)9-14(10,11)12/h6,12H,1,4-5,7-9H2,2-3H3/t12-,14?/m0/s1. The lowest BCUT2D eigenvalue weighted by Gasteiger charge is -2.60. The maximum absolute atomic E-state index is 4.35. The molecule has 0 heterocycles. The summed E-state index contributed by atoms with van der Waals surface area (Å²) >= 11 is 0. The number of hydrogen-bond acceptors (Lipinski definition) is 0. The van der Waals surface area contributed by atoms with E-state index < -0.39 is 0 Å². The third kappa shape index (κ3) is 0.769. The molecule has 0 saturated heterocycles. The molecule has 76 valence electrons. The van der Waals surface area contributed by atoms with Gasteiger partial charge in [0, 0.05) is 5.41 Å². The normalized spacial score (nSPS) is 43.7. The van der Waals surface area contributed by atoms with Gasteiger partial charge in [0.05, 0.1) is 0 Å². The Labute approximate surface area is 87.1 Å². The van der Waals surface area contributed by atoms with E-state index in [9.17, 15) is 0 Å². The Morgan fingerprint density at radius 2 is 2.14 bits per heavy atom. The van der Waals surface area contributed by atoms with Crippen LogP contribution in [0.2, 0.25) is 0 Å². The third-order valence-electron chi connectivity index (χ3n) is 5.02. The molecule has 1 spiro atoms. The molecular formula is C14H20. The first-order valence-corrected chi connectivity index (χ1v) is 5.95. The summed E-state index contributed by atoms with van der Waals surface area (Å²) in [4.78, 5) is 0. The molecule has 0 radical (unpaired) electrons. The maximum atomic E-state index is 4.35. The Morgan fingerprint density at radius 1 is 1.36 bits per heavy atom. The average Bonchev–Trinajstić information content (AvgIpc) is 2.41. The predicted molar refractivity (Wildman–Crippen MR) is 60.0 cm³/mol. The van der Waals surface area contributed by atoms with Gasteiger partial charge in [-0.2, -0.15) is 0 Å². The van der Waals surface area contributed by atoms with Gasteiger partial charge in [-0.1, -0.05) is 37.6 Å². The zero-order valence-electron chi connectivity index (χ0n) is 9.40. The van der Waals surface area contributed by atoms with Gasteiger partial charge in [0.25, 0.3) is 0 Å². The smallest absolute Gasteiger partial charge is 0.0156 e. The quantitative estimate of drug-likeness (QED) is 0.502. The van der Waals surface area contributed by atoms with E-state index in [4.69, 9.17) is 0 Å². The highest BCUT2D eigenvalue weighted by atomic mass is 14.7. The molecule has 3 aliphatic rings. The highest BCUT2D eigenvalue weighted by Crippen LogP contribution is 2.73. The molecule has 0 aromatic rings. The molecule has 0 nitrogen and oxygen atoms in total. The van der Waals surface area contributed by atoms with Crippen LogP contribution in [0.15, 0.2) is 23.8 Å². The number of rotatable bonds is 0. The molecule has 0 aromatic heterocycles. The van der Waals surface area contributed by atoms with E-state index in [0.717, 1.165) is 5.92 Å². The molecule has 0 heteroatoms. The van der Waals surface area contributed by atoms with Gasteiger partial charge in [0.2, 0.25) is 0 Å². The van der Waals surface area contributed by atoms with Crippen molar-refractivity contribution < 1.29 is 0 Å². The van der Waals surface area contributed by atoms with Crippen LogP contribution in [0, 0.1) is 16.7 Å². The van der Waals surface area contributed by atoms with Gasteiger partial charge in [-0.05, 0) is 43.4 Å². The summed E-state index contributed by atoms with van der Waals surface area (Å²) in [5, 5.41) is 0. The molecule has 2 saturated carbocycles. The van der Waals surface area contributed by atoms with Crippen molar-refractivity contribution in [2.24, 2.45) is 16.7 Å². The molecule has 2 fully saturated rings. The van der Waals surface area contributed by atoms with Crippen LogP contribution in [0.4, 0.5) is 0 Å².